The van der Waals surface area contributed by atoms with Crippen LogP contribution >= 0.6 is 46.0 Å². The van der Waals surface area contributed by atoms with Gasteiger partial charge in [-0.15, -0.1) is 0 Å². The quantitative estimate of drug-likeness (QED) is 0.221. The molecule has 1 fully saturated rings. The summed E-state index contributed by atoms with van der Waals surface area (Å²) in [6, 6.07) is 18.7. The van der Waals surface area contributed by atoms with E-state index < -0.39 is 0 Å². The Balaban J connectivity index is 1.49. The molecule has 1 aliphatic rings. The van der Waals surface area contributed by atoms with Crippen LogP contribution in [0, 0.1) is 3.57 Å². The predicted octanol–water partition coefficient (Wildman–Crippen LogP) is 6.82. The zero-order chi connectivity index (χ0) is 24.8. The summed E-state index contributed by atoms with van der Waals surface area (Å²) >= 11 is 9.45. The lowest BCUT2D eigenvalue weighted by molar-refractivity contribution is -0.115. The molecule has 9 heteroatoms. The molecule has 3 aromatic carbocycles. The summed E-state index contributed by atoms with van der Waals surface area (Å²) in [5.74, 6) is 1.82. The molecule has 1 aliphatic heterocycles. The molecule has 35 heavy (non-hydrogen) atoms. The minimum Gasteiger partial charge on any atom is -0.494 e. The number of rotatable bonds is 8. The SMILES string of the molecule is CCOc1ccc(N=C2NC(=O)/C(=C\c3cc(I)c(OCc4ccc(Cl)cc4)c(OC)c3)S2)cc1. The molecule has 0 aromatic heterocycles. The van der Waals surface area contributed by atoms with Gasteiger partial charge in [0.05, 0.1) is 27.9 Å². The molecule has 0 bridgehead atoms. The molecular weight excluding hydrogens is 599 g/mol. The maximum absolute atomic E-state index is 12.5. The zero-order valence-electron chi connectivity index (χ0n) is 19.0. The van der Waals surface area contributed by atoms with Crippen LogP contribution in [0.15, 0.2) is 70.6 Å². The van der Waals surface area contributed by atoms with Gasteiger partial charge in [0.1, 0.15) is 12.4 Å². The predicted molar refractivity (Wildman–Crippen MR) is 150 cm³/mol. The van der Waals surface area contributed by atoms with E-state index in [0.717, 1.165) is 26.1 Å². The van der Waals surface area contributed by atoms with E-state index in [2.05, 4.69) is 32.9 Å². The second-order valence-electron chi connectivity index (χ2n) is 7.36. The lowest BCUT2D eigenvalue weighted by atomic mass is 10.2. The maximum Gasteiger partial charge on any atom is 0.264 e. The third-order valence-corrected chi connectivity index (χ3v) is 6.84. The Morgan fingerprint density at radius 3 is 2.51 bits per heavy atom. The molecule has 1 heterocycles. The summed E-state index contributed by atoms with van der Waals surface area (Å²) in [6.07, 6.45) is 1.81. The van der Waals surface area contributed by atoms with E-state index >= 15 is 0 Å². The van der Waals surface area contributed by atoms with Crippen molar-refractivity contribution in [3.05, 3.63) is 85.3 Å². The Hall–Kier alpha value is -2.69. The van der Waals surface area contributed by atoms with Gasteiger partial charge in [-0.3, -0.25) is 4.79 Å². The summed E-state index contributed by atoms with van der Waals surface area (Å²) < 4.78 is 17.9. The second-order valence-corrected chi connectivity index (χ2v) is 9.99. The molecule has 180 valence electrons. The lowest BCUT2D eigenvalue weighted by Crippen LogP contribution is -2.19. The Morgan fingerprint density at radius 1 is 1.09 bits per heavy atom. The number of aliphatic imine (C=N–C) groups is 1. The highest BCUT2D eigenvalue weighted by Gasteiger charge is 2.24. The summed E-state index contributed by atoms with van der Waals surface area (Å²) in [5, 5.41) is 4.02. The number of nitrogens with one attached hydrogen (secondary N) is 1. The van der Waals surface area contributed by atoms with Gasteiger partial charge < -0.3 is 19.5 Å². The van der Waals surface area contributed by atoms with E-state index in [-0.39, 0.29) is 5.91 Å². The standard InChI is InChI=1S/C26H22ClIN2O4S/c1-3-33-20-10-8-19(9-11-20)29-26-30-25(31)23(35-26)14-17-12-21(28)24(22(13-17)32-2)34-15-16-4-6-18(27)7-5-16/h4-14H,3,15H2,1-2H3,(H,29,30,31)/b23-14+. The van der Waals surface area contributed by atoms with Crippen LogP contribution in [0.2, 0.25) is 5.02 Å². The highest BCUT2D eigenvalue weighted by atomic mass is 127. The highest BCUT2D eigenvalue weighted by Crippen LogP contribution is 2.36. The third-order valence-electron chi connectivity index (χ3n) is 4.88. The molecule has 0 aliphatic carbocycles. The van der Waals surface area contributed by atoms with Gasteiger partial charge in [0.2, 0.25) is 0 Å². The molecule has 0 radical (unpaired) electrons. The van der Waals surface area contributed by atoms with E-state index in [1.165, 1.54) is 11.8 Å². The number of thioether (sulfide) groups is 1. The molecule has 0 saturated carbocycles. The Kier molecular flexibility index (Phi) is 8.59. The Labute approximate surface area is 226 Å². The molecule has 1 amide bonds. The fourth-order valence-electron chi connectivity index (χ4n) is 3.23. The number of carbonyl (C=O) groups is 1. The number of halogens is 2. The highest BCUT2D eigenvalue weighted by molar-refractivity contribution is 14.1. The largest absolute Gasteiger partial charge is 0.494 e. The van der Waals surface area contributed by atoms with Crippen LogP contribution in [-0.4, -0.2) is 24.8 Å². The fraction of sp³-hybridized carbons (Fsp3) is 0.154. The van der Waals surface area contributed by atoms with E-state index in [9.17, 15) is 4.79 Å². The molecule has 3 aromatic rings. The number of hydrogen-bond donors (Lipinski definition) is 1. The van der Waals surface area contributed by atoms with Gasteiger partial charge in [-0.05, 0) is 107 Å². The molecule has 0 atom stereocenters. The first-order valence-electron chi connectivity index (χ1n) is 10.7. The van der Waals surface area contributed by atoms with Gasteiger partial charge in [-0.2, -0.15) is 0 Å². The molecule has 4 rings (SSSR count). The number of carbonyl (C=O) groups excluding carboxylic acids is 1. The second kappa shape index (κ2) is 11.8. The topological polar surface area (TPSA) is 69.2 Å². The van der Waals surface area contributed by atoms with Crippen molar-refractivity contribution in [2.45, 2.75) is 13.5 Å². The first kappa shape index (κ1) is 25.4. The van der Waals surface area contributed by atoms with Crippen molar-refractivity contribution in [3.8, 4) is 17.2 Å². The van der Waals surface area contributed by atoms with Gasteiger partial charge >= 0.3 is 0 Å². The maximum atomic E-state index is 12.5. The van der Waals surface area contributed by atoms with Crippen molar-refractivity contribution in [2.75, 3.05) is 13.7 Å². The van der Waals surface area contributed by atoms with E-state index in [1.807, 2.05) is 73.7 Å². The average molecular weight is 621 g/mol. The number of ether oxygens (including phenoxy) is 3. The van der Waals surface area contributed by atoms with Crippen LogP contribution in [0.25, 0.3) is 6.08 Å². The Bertz CT molecular complexity index is 1280. The van der Waals surface area contributed by atoms with Crippen molar-refractivity contribution in [2.24, 2.45) is 4.99 Å². The molecule has 0 spiro atoms. The van der Waals surface area contributed by atoms with Gasteiger partial charge in [-0.25, -0.2) is 4.99 Å². The minimum atomic E-state index is -0.197. The van der Waals surface area contributed by atoms with E-state index in [4.69, 9.17) is 25.8 Å². The van der Waals surface area contributed by atoms with Gasteiger partial charge in [-0.1, -0.05) is 23.7 Å². The number of hydrogen-bond acceptors (Lipinski definition) is 6. The number of benzene rings is 3. The number of amides is 1. The minimum absolute atomic E-state index is 0.197. The smallest absolute Gasteiger partial charge is 0.264 e. The number of methoxy groups -OCH3 is 1. The Morgan fingerprint density at radius 2 is 1.83 bits per heavy atom. The first-order valence-corrected chi connectivity index (χ1v) is 13.0. The lowest BCUT2D eigenvalue weighted by Gasteiger charge is -2.14. The summed E-state index contributed by atoms with van der Waals surface area (Å²) in [7, 11) is 1.59. The third kappa shape index (κ3) is 6.71. The first-order chi connectivity index (χ1) is 16.9. The zero-order valence-corrected chi connectivity index (χ0v) is 22.7. The van der Waals surface area contributed by atoms with Gasteiger partial charge in [0.25, 0.3) is 5.91 Å². The van der Waals surface area contributed by atoms with Crippen molar-refractivity contribution in [3.63, 3.8) is 0 Å². The van der Waals surface area contributed by atoms with Crippen molar-refractivity contribution >= 4 is 68.8 Å². The van der Waals surface area contributed by atoms with Gasteiger partial charge in [0.15, 0.2) is 16.7 Å². The number of amidine groups is 1. The van der Waals surface area contributed by atoms with Crippen LogP contribution in [0.3, 0.4) is 0 Å². The fourth-order valence-corrected chi connectivity index (χ4v) is 4.98. The molecular formula is C26H22ClIN2O4S. The summed E-state index contributed by atoms with van der Waals surface area (Å²) in [6.45, 7) is 2.92. The van der Waals surface area contributed by atoms with Gasteiger partial charge in [0, 0.05) is 5.02 Å². The van der Waals surface area contributed by atoms with Crippen LogP contribution in [0.4, 0.5) is 5.69 Å². The monoisotopic (exact) mass is 620 g/mol. The summed E-state index contributed by atoms with van der Waals surface area (Å²) in [4.78, 5) is 17.6. The molecule has 1 saturated heterocycles. The molecule has 6 nitrogen and oxygen atoms in total. The number of nitrogens with zero attached hydrogens (tertiary/aromatic N) is 1. The van der Waals surface area contributed by atoms with Crippen molar-refractivity contribution in [1.29, 1.82) is 0 Å². The average Bonchev–Trinajstić information content (AvgIpc) is 3.18. The van der Waals surface area contributed by atoms with Crippen LogP contribution < -0.4 is 19.5 Å². The normalized spacial score (nSPS) is 15.4. The van der Waals surface area contributed by atoms with Crippen LogP contribution in [-0.2, 0) is 11.4 Å². The van der Waals surface area contributed by atoms with Crippen LogP contribution in [0.5, 0.6) is 17.2 Å². The molecule has 1 N–H and O–H groups in total. The van der Waals surface area contributed by atoms with Crippen molar-refractivity contribution in [1.82, 2.24) is 5.32 Å². The van der Waals surface area contributed by atoms with E-state index in [1.54, 1.807) is 7.11 Å². The summed E-state index contributed by atoms with van der Waals surface area (Å²) in [5.41, 5.74) is 2.55. The molecule has 0 unspecified atom stereocenters. The van der Waals surface area contributed by atoms with Crippen molar-refractivity contribution < 1.29 is 19.0 Å². The van der Waals surface area contributed by atoms with E-state index in [0.29, 0.717) is 39.8 Å². The van der Waals surface area contributed by atoms with Crippen LogP contribution in [0.1, 0.15) is 18.1 Å².